The van der Waals surface area contributed by atoms with Crippen molar-refractivity contribution in [2.75, 3.05) is 44.8 Å². The largest absolute Gasteiger partial charge is 0.376 e. The van der Waals surface area contributed by atoms with E-state index in [9.17, 15) is 0 Å². The van der Waals surface area contributed by atoms with Gasteiger partial charge in [0, 0.05) is 18.0 Å². The van der Waals surface area contributed by atoms with Crippen LogP contribution in [0.3, 0.4) is 0 Å². The molecule has 4 heterocycles. The van der Waals surface area contributed by atoms with Crippen molar-refractivity contribution in [2.45, 2.75) is 51.7 Å². The lowest BCUT2D eigenvalue weighted by atomic mass is 9.89. The van der Waals surface area contributed by atoms with Gasteiger partial charge in [0.25, 0.3) is 0 Å². The molecule has 152 valence electrons. The number of hydrogen-bond acceptors (Lipinski definition) is 6. The third-order valence-electron chi connectivity index (χ3n) is 6.33. The molecule has 1 aliphatic carbocycles. The minimum Gasteiger partial charge on any atom is -0.376 e. The summed E-state index contributed by atoms with van der Waals surface area (Å²) < 4.78 is 11.3. The maximum absolute atomic E-state index is 5.83. The van der Waals surface area contributed by atoms with Gasteiger partial charge in [-0.25, -0.2) is 9.97 Å². The van der Waals surface area contributed by atoms with Gasteiger partial charge < -0.3 is 19.7 Å². The summed E-state index contributed by atoms with van der Waals surface area (Å²) in [7, 11) is 0. The standard InChI is InChI=1S/C21H30N4O2S/c1-14-4-5-16-17(11-14)28-21-19(16)20(22-12-15-3-2-8-27-15)23-18(24-21)13-25-6-9-26-10-7-25/h14-15H,2-13H2,1H3,(H,22,23,24)/p+1/t14-,15+/m1/s1. The topological polar surface area (TPSA) is 60.7 Å². The molecule has 2 aromatic heterocycles. The summed E-state index contributed by atoms with van der Waals surface area (Å²) in [5.41, 5.74) is 1.50. The molecule has 2 aliphatic heterocycles. The van der Waals surface area contributed by atoms with Crippen LogP contribution < -0.4 is 10.2 Å². The minimum atomic E-state index is 0.313. The average Bonchev–Trinajstić information content (AvgIpc) is 3.34. The van der Waals surface area contributed by atoms with Crippen LogP contribution in [0, 0.1) is 5.92 Å². The fraction of sp³-hybridized carbons (Fsp3) is 0.714. The van der Waals surface area contributed by atoms with E-state index in [1.807, 2.05) is 11.3 Å². The molecule has 2 fully saturated rings. The predicted molar refractivity (Wildman–Crippen MR) is 111 cm³/mol. The van der Waals surface area contributed by atoms with Crippen molar-refractivity contribution in [2.24, 2.45) is 5.92 Å². The fourth-order valence-electron chi connectivity index (χ4n) is 4.67. The molecule has 2 aromatic rings. The van der Waals surface area contributed by atoms with Gasteiger partial charge in [-0.3, -0.25) is 0 Å². The SMILES string of the molecule is C[C@@H]1CCc2c(sc3nc(C[NH+]4CCOCC4)nc(NC[C@@H]4CCCO4)c23)C1. The van der Waals surface area contributed by atoms with E-state index in [1.165, 1.54) is 44.8 Å². The Morgan fingerprint density at radius 2 is 2.07 bits per heavy atom. The van der Waals surface area contributed by atoms with E-state index < -0.39 is 0 Å². The highest BCUT2D eigenvalue weighted by Crippen LogP contribution is 2.40. The Balaban J connectivity index is 1.46. The van der Waals surface area contributed by atoms with Crippen LogP contribution in [0.2, 0.25) is 0 Å². The van der Waals surface area contributed by atoms with Crippen molar-refractivity contribution in [1.29, 1.82) is 0 Å². The predicted octanol–water partition coefficient (Wildman–Crippen LogP) is 1.82. The molecule has 3 aliphatic rings. The van der Waals surface area contributed by atoms with Gasteiger partial charge in [0.2, 0.25) is 0 Å². The Bertz CT molecular complexity index is 827. The summed E-state index contributed by atoms with van der Waals surface area (Å²) in [4.78, 5) is 14.3. The van der Waals surface area contributed by atoms with Crippen molar-refractivity contribution < 1.29 is 14.4 Å². The maximum atomic E-state index is 5.83. The van der Waals surface area contributed by atoms with Gasteiger partial charge in [-0.05, 0) is 43.6 Å². The zero-order valence-electron chi connectivity index (χ0n) is 16.8. The highest BCUT2D eigenvalue weighted by Gasteiger charge is 2.26. The number of hydrogen-bond donors (Lipinski definition) is 2. The minimum absolute atomic E-state index is 0.313. The van der Waals surface area contributed by atoms with Gasteiger partial charge in [0.15, 0.2) is 5.82 Å². The van der Waals surface area contributed by atoms with Crippen molar-refractivity contribution in [3.05, 3.63) is 16.3 Å². The van der Waals surface area contributed by atoms with Gasteiger partial charge in [0.05, 0.1) is 24.7 Å². The van der Waals surface area contributed by atoms with Gasteiger partial charge in [0.1, 0.15) is 30.3 Å². The van der Waals surface area contributed by atoms with Gasteiger partial charge in [-0.1, -0.05) is 6.92 Å². The quantitative estimate of drug-likeness (QED) is 0.798. The van der Waals surface area contributed by atoms with Gasteiger partial charge in [-0.2, -0.15) is 0 Å². The molecular formula is C21H31N4O2S+. The molecule has 0 aromatic carbocycles. The second kappa shape index (κ2) is 8.22. The number of thiophene rings is 1. The summed E-state index contributed by atoms with van der Waals surface area (Å²) in [6.45, 7) is 8.74. The Morgan fingerprint density at radius 1 is 1.18 bits per heavy atom. The summed E-state index contributed by atoms with van der Waals surface area (Å²) in [6, 6.07) is 0. The Hall–Kier alpha value is -1.28. The molecule has 2 saturated heterocycles. The van der Waals surface area contributed by atoms with E-state index in [0.29, 0.717) is 6.10 Å². The smallest absolute Gasteiger partial charge is 0.187 e. The zero-order chi connectivity index (χ0) is 18.9. The maximum Gasteiger partial charge on any atom is 0.187 e. The van der Waals surface area contributed by atoms with E-state index in [2.05, 4.69) is 12.2 Å². The number of aromatic nitrogens is 2. The fourth-order valence-corrected chi connectivity index (χ4v) is 6.07. The first-order valence-electron chi connectivity index (χ1n) is 10.8. The van der Waals surface area contributed by atoms with E-state index in [4.69, 9.17) is 19.4 Å². The van der Waals surface area contributed by atoms with Crippen LogP contribution in [-0.4, -0.2) is 55.5 Å². The van der Waals surface area contributed by atoms with Crippen molar-refractivity contribution in [3.8, 4) is 0 Å². The first kappa shape index (κ1) is 18.7. The average molecular weight is 404 g/mol. The van der Waals surface area contributed by atoms with Gasteiger partial charge in [-0.15, -0.1) is 11.3 Å². The Morgan fingerprint density at radius 3 is 2.89 bits per heavy atom. The number of quaternary nitrogens is 1. The molecule has 0 unspecified atom stereocenters. The van der Waals surface area contributed by atoms with Crippen molar-refractivity contribution >= 4 is 27.4 Å². The van der Waals surface area contributed by atoms with Crippen LogP contribution in [0.5, 0.6) is 0 Å². The van der Waals surface area contributed by atoms with Crippen LogP contribution in [0.1, 0.15) is 42.5 Å². The summed E-state index contributed by atoms with van der Waals surface area (Å²) in [5, 5.41) is 4.93. The number of nitrogens with one attached hydrogen (secondary N) is 2. The molecule has 0 saturated carbocycles. The van der Waals surface area contributed by atoms with Crippen LogP contribution >= 0.6 is 11.3 Å². The lowest BCUT2D eigenvalue weighted by molar-refractivity contribution is -0.922. The molecule has 5 rings (SSSR count). The highest BCUT2D eigenvalue weighted by molar-refractivity contribution is 7.19. The number of rotatable bonds is 5. The normalized spacial score (nSPS) is 25.9. The first-order chi connectivity index (χ1) is 13.8. The summed E-state index contributed by atoms with van der Waals surface area (Å²) in [6.07, 6.45) is 6.24. The molecule has 2 atom stereocenters. The van der Waals surface area contributed by atoms with Crippen molar-refractivity contribution in [3.63, 3.8) is 0 Å². The van der Waals surface area contributed by atoms with Crippen LogP contribution in [-0.2, 0) is 28.9 Å². The molecule has 0 amide bonds. The van der Waals surface area contributed by atoms with Crippen LogP contribution in [0.15, 0.2) is 0 Å². The molecule has 0 bridgehead atoms. The Kier molecular flexibility index (Phi) is 5.50. The van der Waals surface area contributed by atoms with E-state index in [1.54, 1.807) is 0 Å². The number of ether oxygens (including phenoxy) is 2. The third-order valence-corrected chi connectivity index (χ3v) is 7.48. The van der Waals surface area contributed by atoms with E-state index in [-0.39, 0.29) is 0 Å². The summed E-state index contributed by atoms with van der Waals surface area (Å²) in [5.74, 6) is 2.77. The summed E-state index contributed by atoms with van der Waals surface area (Å²) >= 11 is 1.90. The van der Waals surface area contributed by atoms with Crippen LogP contribution in [0.25, 0.3) is 10.2 Å². The molecule has 0 spiro atoms. The second-order valence-corrected chi connectivity index (χ2v) is 9.66. The lowest BCUT2D eigenvalue weighted by Crippen LogP contribution is -3.12. The third kappa shape index (κ3) is 3.90. The highest BCUT2D eigenvalue weighted by atomic mass is 32.1. The molecule has 28 heavy (non-hydrogen) atoms. The van der Waals surface area contributed by atoms with Crippen molar-refractivity contribution in [1.82, 2.24) is 9.97 Å². The second-order valence-electron chi connectivity index (χ2n) is 8.58. The monoisotopic (exact) mass is 403 g/mol. The molecule has 0 radical (unpaired) electrons. The van der Waals surface area contributed by atoms with Crippen LogP contribution in [0.4, 0.5) is 5.82 Å². The van der Waals surface area contributed by atoms with E-state index >= 15 is 0 Å². The molecular weight excluding hydrogens is 372 g/mol. The molecule has 7 heteroatoms. The first-order valence-corrected chi connectivity index (χ1v) is 11.7. The number of aryl methyl sites for hydroxylation is 1. The lowest BCUT2D eigenvalue weighted by Gasteiger charge is -2.23. The number of fused-ring (bicyclic) bond motifs is 3. The van der Waals surface area contributed by atoms with E-state index in [0.717, 1.165) is 76.4 Å². The molecule has 2 N–H and O–H groups in total. The number of nitrogens with zero attached hydrogens (tertiary/aromatic N) is 2. The number of morpholine rings is 1. The molecule has 6 nitrogen and oxygen atoms in total. The van der Waals surface area contributed by atoms with Gasteiger partial charge >= 0.3 is 0 Å². The number of anilines is 1. The zero-order valence-corrected chi connectivity index (χ0v) is 17.6. The Labute approximate surface area is 170 Å².